The van der Waals surface area contributed by atoms with E-state index in [1.54, 1.807) is 0 Å². The second-order valence-electron chi connectivity index (χ2n) is 10.2. The fraction of sp³-hybridized carbons (Fsp3) is 0.345. The quantitative estimate of drug-likeness (QED) is 0.443. The molecule has 8 bridgehead atoms. The summed E-state index contributed by atoms with van der Waals surface area (Å²) in [5.41, 5.74) is 13.4. The van der Waals surface area contributed by atoms with Crippen LogP contribution in [-0.2, 0) is 6.42 Å². The summed E-state index contributed by atoms with van der Waals surface area (Å²) < 4.78 is 0. The van der Waals surface area contributed by atoms with E-state index in [0.29, 0.717) is 18.3 Å². The molecular weight excluding hydrogens is 420 g/mol. The Morgan fingerprint density at radius 3 is 2.47 bits per heavy atom. The van der Waals surface area contributed by atoms with Crippen LogP contribution in [0.4, 0.5) is 0 Å². The molecule has 3 aromatic heterocycles. The average Bonchev–Trinajstić information content (AvgIpc) is 3.54. The number of rotatable bonds is 1. The van der Waals surface area contributed by atoms with Gasteiger partial charge in [0.1, 0.15) is 0 Å². The van der Waals surface area contributed by atoms with Crippen LogP contribution in [-0.4, -0.2) is 20.7 Å². The molecule has 0 spiro atoms. The zero-order chi connectivity index (χ0) is 23.9. The van der Waals surface area contributed by atoms with E-state index in [-0.39, 0.29) is 5.78 Å². The minimum Gasteiger partial charge on any atom is -0.361 e. The topological polar surface area (TPSA) is 76.5 Å². The molecule has 1 saturated heterocycles. The lowest BCUT2D eigenvalue weighted by Crippen LogP contribution is -2.12. The number of carbonyl (C=O) groups is 1. The summed E-state index contributed by atoms with van der Waals surface area (Å²) >= 11 is 0. The van der Waals surface area contributed by atoms with E-state index in [1.165, 1.54) is 28.1 Å². The number of carbonyl (C=O) groups excluding carboxylic acids is 1. The van der Waals surface area contributed by atoms with Gasteiger partial charge in [-0.2, -0.15) is 0 Å². The molecule has 174 valence electrons. The van der Waals surface area contributed by atoms with Crippen molar-refractivity contribution in [2.45, 2.75) is 54.4 Å². The van der Waals surface area contributed by atoms with Gasteiger partial charge in [-0.3, -0.25) is 4.79 Å². The molecule has 34 heavy (non-hydrogen) atoms. The number of hydrogen-bond acceptors (Lipinski definition) is 2. The van der Waals surface area contributed by atoms with Crippen LogP contribution in [0.3, 0.4) is 0 Å². The molecule has 3 aliphatic rings. The number of aromatic amines is 3. The number of hydrogen-bond donors (Lipinski definition) is 4. The van der Waals surface area contributed by atoms with E-state index in [2.05, 4.69) is 86.1 Å². The first-order valence-electron chi connectivity index (χ1n) is 12.3. The van der Waals surface area contributed by atoms with Gasteiger partial charge in [-0.25, -0.2) is 0 Å². The molecule has 1 aliphatic carbocycles. The van der Waals surface area contributed by atoms with Crippen LogP contribution in [0.15, 0.2) is 17.5 Å². The largest absolute Gasteiger partial charge is 0.361 e. The Morgan fingerprint density at radius 1 is 0.912 bits per heavy atom. The first kappa shape index (κ1) is 21.1. The van der Waals surface area contributed by atoms with E-state index < -0.39 is 0 Å². The Hall–Kier alpha value is -3.47. The third kappa shape index (κ3) is 2.89. The Kier molecular flexibility index (Phi) is 4.50. The lowest BCUT2D eigenvalue weighted by molar-refractivity contribution is 0.100. The Morgan fingerprint density at radius 2 is 1.71 bits per heavy atom. The molecule has 6 rings (SSSR count). The molecule has 5 heteroatoms. The molecule has 0 saturated carbocycles. The van der Waals surface area contributed by atoms with Crippen molar-refractivity contribution in [3.63, 3.8) is 0 Å². The third-order valence-electron chi connectivity index (χ3n) is 8.28. The van der Waals surface area contributed by atoms with Crippen LogP contribution in [0, 0.1) is 32.6 Å². The molecule has 4 N–H and O–H groups in total. The summed E-state index contributed by atoms with van der Waals surface area (Å²) in [7, 11) is 0. The average molecular weight is 453 g/mol. The van der Waals surface area contributed by atoms with Gasteiger partial charge in [0.15, 0.2) is 5.78 Å². The van der Waals surface area contributed by atoms with Crippen molar-refractivity contribution in [3.8, 4) is 0 Å². The van der Waals surface area contributed by atoms with Gasteiger partial charge >= 0.3 is 0 Å². The normalized spacial score (nSPS) is 26.5. The maximum Gasteiger partial charge on any atom is 0.169 e. The highest BCUT2D eigenvalue weighted by Gasteiger charge is 2.37. The van der Waals surface area contributed by atoms with E-state index in [1.807, 2.05) is 0 Å². The number of fused-ring (bicyclic) bond motifs is 7. The fourth-order valence-electron chi connectivity index (χ4n) is 6.01. The van der Waals surface area contributed by atoms with Crippen LogP contribution in [0.1, 0.15) is 82.6 Å². The molecule has 2 aliphatic heterocycles. The van der Waals surface area contributed by atoms with Crippen LogP contribution in [0.2, 0.25) is 0 Å². The van der Waals surface area contributed by atoms with Gasteiger partial charge in [-0.15, -0.1) is 0 Å². The second kappa shape index (κ2) is 7.26. The van der Waals surface area contributed by atoms with E-state index in [4.69, 9.17) is 0 Å². The van der Waals surface area contributed by atoms with Gasteiger partial charge in [-0.05, 0) is 73.7 Å². The number of Topliss-reactive ketones (excluding diaryl/α,β-unsaturated/α-hetero) is 1. The highest BCUT2D eigenvalue weighted by Crippen LogP contribution is 2.43. The maximum absolute atomic E-state index is 13.2. The van der Waals surface area contributed by atoms with Gasteiger partial charge in [0, 0.05) is 68.6 Å². The second-order valence-corrected chi connectivity index (χ2v) is 10.2. The van der Waals surface area contributed by atoms with E-state index in [9.17, 15) is 4.79 Å². The monoisotopic (exact) mass is 452 g/mol. The molecule has 0 amide bonds. The van der Waals surface area contributed by atoms with Crippen LogP contribution >= 0.6 is 0 Å². The predicted molar refractivity (Wildman–Crippen MR) is 138 cm³/mol. The Bertz CT molecular complexity index is 1570. The summed E-state index contributed by atoms with van der Waals surface area (Å²) in [4.78, 5) is 24.1. The number of aryl methyl sites for hydroxylation is 1. The highest BCUT2D eigenvalue weighted by molar-refractivity contribution is 6.13. The van der Waals surface area contributed by atoms with E-state index in [0.717, 1.165) is 56.6 Å². The first-order chi connectivity index (χ1) is 16.3. The van der Waals surface area contributed by atoms with Crippen molar-refractivity contribution >= 4 is 29.6 Å². The van der Waals surface area contributed by atoms with Crippen molar-refractivity contribution in [1.29, 1.82) is 0 Å². The maximum atomic E-state index is 13.2. The SMILES string of the molecule is CCc1c(C)/c2[nH]/c1=C\c1[nH]c3c(c1C)C(=O)C/C3=C1/N/C(=C\c3[nH]c(cc3C)\C=2)[C@@H](C)[C@@H]1C. The zero-order valence-corrected chi connectivity index (χ0v) is 20.8. The minimum absolute atomic E-state index is 0.211. The fourth-order valence-corrected chi connectivity index (χ4v) is 6.01. The molecule has 0 aromatic carbocycles. The summed E-state index contributed by atoms with van der Waals surface area (Å²) in [5.74, 6) is 0.866. The Balaban J connectivity index is 1.71. The van der Waals surface area contributed by atoms with Crippen LogP contribution in [0.25, 0.3) is 23.8 Å². The number of ketones is 1. The predicted octanol–water partition coefficient (Wildman–Crippen LogP) is 4.34. The van der Waals surface area contributed by atoms with Crippen molar-refractivity contribution in [2.75, 3.05) is 0 Å². The summed E-state index contributed by atoms with van der Waals surface area (Å²) in [6, 6.07) is 2.21. The molecule has 0 unspecified atom stereocenters. The van der Waals surface area contributed by atoms with Crippen LogP contribution < -0.4 is 16.0 Å². The molecule has 2 atom stereocenters. The van der Waals surface area contributed by atoms with Crippen molar-refractivity contribution in [3.05, 3.63) is 78.8 Å². The molecule has 0 radical (unpaired) electrons. The van der Waals surface area contributed by atoms with Crippen molar-refractivity contribution in [1.82, 2.24) is 20.3 Å². The molecule has 1 fully saturated rings. The lowest BCUT2D eigenvalue weighted by Gasteiger charge is -2.11. The molecule has 5 heterocycles. The van der Waals surface area contributed by atoms with Gasteiger partial charge in [0.25, 0.3) is 0 Å². The molecular formula is C29H32N4O. The van der Waals surface area contributed by atoms with Gasteiger partial charge < -0.3 is 20.3 Å². The smallest absolute Gasteiger partial charge is 0.169 e. The first-order valence-corrected chi connectivity index (χ1v) is 12.3. The Labute approximate surface area is 199 Å². The third-order valence-corrected chi connectivity index (χ3v) is 8.28. The summed E-state index contributed by atoms with van der Waals surface area (Å²) in [6.45, 7) is 13.1. The summed E-state index contributed by atoms with van der Waals surface area (Å²) in [6.07, 6.45) is 8.03. The number of allylic oxidation sites excluding steroid dienone is 3. The van der Waals surface area contributed by atoms with E-state index >= 15 is 0 Å². The number of aromatic nitrogens is 3. The van der Waals surface area contributed by atoms with Gasteiger partial charge in [-0.1, -0.05) is 20.8 Å². The van der Waals surface area contributed by atoms with Crippen molar-refractivity contribution < 1.29 is 4.79 Å². The number of nitrogens with one attached hydrogen (secondary N) is 4. The molecule has 3 aromatic rings. The lowest BCUT2D eigenvalue weighted by atomic mass is 9.92. The van der Waals surface area contributed by atoms with Gasteiger partial charge in [0.05, 0.1) is 5.69 Å². The van der Waals surface area contributed by atoms with Crippen molar-refractivity contribution in [2.24, 2.45) is 11.8 Å². The summed E-state index contributed by atoms with van der Waals surface area (Å²) in [5, 5.41) is 5.95. The zero-order valence-electron chi connectivity index (χ0n) is 20.8. The van der Waals surface area contributed by atoms with Gasteiger partial charge in [0.2, 0.25) is 0 Å². The minimum atomic E-state index is 0.211. The number of H-pyrrole nitrogens is 3. The molecule has 5 nitrogen and oxygen atoms in total. The highest BCUT2D eigenvalue weighted by atomic mass is 16.1. The van der Waals surface area contributed by atoms with Crippen LogP contribution in [0.5, 0.6) is 0 Å². The standard InChI is InChI=1S/C29H32N4O/c1-7-19-16(5)22-9-18-8-13(2)21(30-18)11-23-14(3)15(4)28(32-23)20-10-26(34)27-17(6)24(33-29(20)27)12-25(19)31-22/h8-9,11-12,14-15,30-33H,7,10H2,1-6H3/b22-9-,23-11-,25-12-,28-20-/t14-,15-/m0/s1.